The van der Waals surface area contributed by atoms with Crippen LogP contribution in [0.1, 0.15) is 150 Å². The molecule has 0 saturated heterocycles. The fraction of sp³-hybridized carbons (Fsp3) is 0.964. The highest BCUT2D eigenvalue weighted by Gasteiger charge is 2.41. The van der Waals surface area contributed by atoms with Crippen LogP contribution in [0.4, 0.5) is 0 Å². The number of ether oxygens (including phenoxy) is 3. The molecule has 4 heteroatoms. The predicted octanol–water partition coefficient (Wildman–Crippen LogP) is 8.75. The van der Waals surface area contributed by atoms with E-state index in [0.29, 0.717) is 26.2 Å². The topological polar surface area (TPSA) is 44.8 Å². The molecule has 32 heavy (non-hydrogen) atoms. The van der Waals surface area contributed by atoms with Crippen molar-refractivity contribution in [2.24, 2.45) is 0 Å². The summed E-state index contributed by atoms with van der Waals surface area (Å²) >= 11 is 0. The first-order valence-electron chi connectivity index (χ1n) is 14.1. The van der Waals surface area contributed by atoms with Crippen LogP contribution in [-0.4, -0.2) is 31.6 Å². The Morgan fingerprint density at radius 2 is 0.906 bits per heavy atom. The SMILES string of the molecule is CCCCCCCCCCCCCCCCC(OCC)(OCC)C(=O)OCCCCCC. The van der Waals surface area contributed by atoms with Crippen LogP contribution in [0.25, 0.3) is 0 Å². The average molecular weight is 457 g/mol. The molecule has 0 aliphatic rings. The molecule has 192 valence electrons. The fourth-order valence-electron chi connectivity index (χ4n) is 4.23. The van der Waals surface area contributed by atoms with Gasteiger partial charge in [0, 0.05) is 19.6 Å². The van der Waals surface area contributed by atoms with E-state index in [1.54, 1.807) is 0 Å². The van der Waals surface area contributed by atoms with Gasteiger partial charge in [0.2, 0.25) is 0 Å². The van der Waals surface area contributed by atoms with Gasteiger partial charge < -0.3 is 14.2 Å². The number of hydrogen-bond donors (Lipinski definition) is 0. The van der Waals surface area contributed by atoms with E-state index < -0.39 is 5.79 Å². The van der Waals surface area contributed by atoms with Crippen LogP contribution >= 0.6 is 0 Å². The summed E-state index contributed by atoms with van der Waals surface area (Å²) in [5, 5.41) is 0. The van der Waals surface area contributed by atoms with Gasteiger partial charge in [-0.2, -0.15) is 0 Å². The predicted molar refractivity (Wildman–Crippen MR) is 136 cm³/mol. The lowest BCUT2D eigenvalue weighted by Crippen LogP contribution is -2.46. The van der Waals surface area contributed by atoms with Crippen molar-refractivity contribution in [3.63, 3.8) is 0 Å². The lowest BCUT2D eigenvalue weighted by molar-refractivity contribution is -0.249. The van der Waals surface area contributed by atoms with Crippen LogP contribution < -0.4 is 0 Å². The summed E-state index contributed by atoms with van der Waals surface area (Å²) in [6.07, 6.45) is 23.4. The van der Waals surface area contributed by atoms with Crippen molar-refractivity contribution in [3.05, 3.63) is 0 Å². The molecule has 0 rings (SSSR count). The zero-order valence-electron chi connectivity index (χ0n) is 22.2. The van der Waals surface area contributed by atoms with Gasteiger partial charge in [-0.3, -0.25) is 0 Å². The molecule has 0 aliphatic carbocycles. The third-order valence-electron chi connectivity index (χ3n) is 6.16. The fourth-order valence-corrected chi connectivity index (χ4v) is 4.23. The van der Waals surface area contributed by atoms with Gasteiger partial charge in [-0.25, -0.2) is 4.79 Å². The summed E-state index contributed by atoms with van der Waals surface area (Å²) in [4.78, 5) is 12.8. The molecule has 0 atom stereocenters. The highest BCUT2D eigenvalue weighted by atomic mass is 16.7. The molecule has 0 N–H and O–H groups in total. The average Bonchev–Trinajstić information content (AvgIpc) is 2.79. The zero-order valence-corrected chi connectivity index (χ0v) is 22.2. The summed E-state index contributed by atoms with van der Waals surface area (Å²) in [7, 11) is 0. The molecule has 0 aliphatic heterocycles. The Morgan fingerprint density at radius 3 is 1.31 bits per heavy atom. The van der Waals surface area contributed by atoms with Gasteiger partial charge in [0.05, 0.1) is 6.61 Å². The maximum atomic E-state index is 12.8. The van der Waals surface area contributed by atoms with Crippen molar-refractivity contribution in [2.75, 3.05) is 19.8 Å². The Bertz CT molecular complexity index is 391. The first-order valence-corrected chi connectivity index (χ1v) is 14.1. The minimum absolute atomic E-state index is 0.340. The van der Waals surface area contributed by atoms with Gasteiger partial charge in [0.1, 0.15) is 0 Å². The van der Waals surface area contributed by atoms with Crippen molar-refractivity contribution >= 4 is 5.97 Å². The van der Waals surface area contributed by atoms with Crippen LogP contribution in [-0.2, 0) is 19.0 Å². The summed E-state index contributed by atoms with van der Waals surface area (Å²) < 4.78 is 17.2. The largest absolute Gasteiger partial charge is 0.462 e. The normalized spacial score (nSPS) is 11.8. The van der Waals surface area contributed by atoms with Crippen LogP contribution in [0.3, 0.4) is 0 Å². The third-order valence-corrected chi connectivity index (χ3v) is 6.16. The molecular formula is C28H56O4. The molecule has 0 unspecified atom stereocenters. The van der Waals surface area contributed by atoms with E-state index in [0.717, 1.165) is 25.7 Å². The molecule has 0 saturated carbocycles. The Kier molecular flexibility index (Phi) is 23.1. The second-order valence-electron chi connectivity index (χ2n) is 9.16. The molecule has 0 bridgehead atoms. The van der Waals surface area contributed by atoms with E-state index in [1.165, 1.54) is 89.9 Å². The number of carbonyl (C=O) groups is 1. The molecule has 0 radical (unpaired) electrons. The first kappa shape index (κ1) is 31.4. The van der Waals surface area contributed by atoms with Crippen molar-refractivity contribution in [1.82, 2.24) is 0 Å². The van der Waals surface area contributed by atoms with Gasteiger partial charge >= 0.3 is 5.97 Å². The molecule has 0 amide bonds. The van der Waals surface area contributed by atoms with Crippen LogP contribution in [0.2, 0.25) is 0 Å². The van der Waals surface area contributed by atoms with Crippen molar-refractivity contribution in [2.45, 2.75) is 155 Å². The highest BCUT2D eigenvalue weighted by Crippen LogP contribution is 2.25. The number of carbonyl (C=O) groups excluding carboxylic acids is 1. The molecule has 0 spiro atoms. The second-order valence-corrected chi connectivity index (χ2v) is 9.16. The van der Waals surface area contributed by atoms with E-state index in [2.05, 4.69) is 13.8 Å². The number of rotatable bonds is 25. The molecule has 0 aromatic heterocycles. The van der Waals surface area contributed by atoms with Crippen LogP contribution in [0, 0.1) is 0 Å². The standard InChI is InChI=1S/C28H56O4/c1-5-9-11-13-14-15-16-17-18-19-20-21-22-23-25-28(31-7-3,32-8-4)27(29)30-26-24-12-10-6-2/h5-26H2,1-4H3. The Labute approximate surface area is 200 Å². The molecule has 0 fully saturated rings. The maximum Gasteiger partial charge on any atom is 0.366 e. The van der Waals surface area contributed by atoms with E-state index >= 15 is 0 Å². The van der Waals surface area contributed by atoms with E-state index in [-0.39, 0.29) is 5.97 Å². The van der Waals surface area contributed by atoms with Crippen molar-refractivity contribution in [1.29, 1.82) is 0 Å². The summed E-state index contributed by atoms with van der Waals surface area (Å²) in [6.45, 7) is 9.63. The lowest BCUT2D eigenvalue weighted by atomic mass is 10.0. The van der Waals surface area contributed by atoms with Gasteiger partial charge in [-0.1, -0.05) is 117 Å². The summed E-state index contributed by atoms with van der Waals surface area (Å²) in [6, 6.07) is 0. The number of esters is 1. The monoisotopic (exact) mass is 456 g/mol. The maximum absolute atomic E-state index is 12.8. The second kappa shape index (κ2) is 23.5. The third kappa shape index (κ3) is 16.9. The molecule has 0 aromatic carbocycles. The highest BCUT2D eigenvalue weighted by molar-refractivity contribution is 5.77. The van der Waals surface area contributed by atoms with Gasteiger partial charge in [-0.15, -0.1) is 0 Å². The van der Waals surface area contributed by atoms with Crippen LogP contribution in [0.15, 0.2) is 0 Å². The van der Waals surface area contributed by atoms with E-state index in [1.807, 2.05) is 13.8 Å². The first-order chi connectivity index (χ1) is 15.7. The molecule has 0 heterocycles. The van der Waals surface area contributed by atoms with Gasteiger partial charge in [0.15, 0.2) is 0 Å². The molecular weight excluding hydrogens is 400 g/mol. The Hall–Kier alpha value is -0.610. The van der Waals surface area contributed by atoms with Crippen molar-refractivity contribution in [3.8, 4) is 0 Å². The van der Waals surface area contributed by atoms with E-state index in [9.17, 15) is 4.79 Å². The quantitative estimate of drug-likeness (QED) is 0.0782. The number of hydrogen-bond acceptors (Lipinski definition) is 4. The summed E-state index contributed by atoms with van der Waals surface area (Å²) in [5.74, 6) is -1.56. The Balaban J connectivity index is 3.98. The Morgan fingerprint density at radius 1 is 0.531 bits per heavy atom. The van der Waals surface area contributed by atoms with Gasteiger partial charge in [0.25, 0.3) is 5.79 Å². The summed E-state index contributed by atoms with van der Waals surface area (Å²) in [5.41, 5.74) is 0. The number of unbranched alkanes of at least 4 members (excludes halogenated alkanes) is 16. The minimum atomic E-state index is -1.22. The van der Waals surface area contributed by atoms with E-state index in [4.69, 9.17) is 14.2 Å². The zero-order chi connectivity index (χ0) is 23.8. The smallest absolute Gasteiger partial charge is 0.366 e. The van der Waals surface area contributed by atoms with Crippen LogP contribution in [0.5, 0.6) is 0 Å². The lowest BCUT2D eigenvalue weighted by Gasteiger charge is -2.30. The van der Waals surface area contributed by atoms with Crippen molar-refractivity contribution < 1.29 is 19.0 Å². The molecule has 0 aromatic rings. The van der Waals surface area contributed by atoms with Gasteiger partial charge in [-0.05, 0) is 26.7 Å². The molecule has 4 nitrogen and oxygen atoms in total. The minimum Gasteiger partial charge on any atom is -0.462 e.